The molecule has 0 aromatic heterocycles. The number of likely N-dealkylation sites (N-methyl/N-ethyl adjacent to an activating group) is 1. The largest absolute Gasteiger partial charge is 0.362 e. The van der Waals surface area contributed by atoms with E-state index >= 15 is 0 Å². The van der Waals surface area contributed by atoms with Crippen molar-refractivity contribution in [3.8, 4) is 0 Å². The van der Waals surface area contributed by atoms with Crippen molar-refractivity contribution in [1.82, 2.24) is 10.2 Å². The number of nitrogens with zero attached hydrogens (tertiary/aromatic N) is 1. The first kappa shape index (κ1) is 15.0. The van der Waals surface area contributed by atoms with Crippen molar-refractivity contribution in [3.63, 3.8) is 0 Å². The third-order valence-electron chi connectivity index (χ3n) is 4.61. The Morgan fingerprint density at radius 1 is 1.27 bits per heavy atom. The third kappa shape index (κ3) is 2.61. The van der Waals surface area contributed by atoms with E-state index in [0.717, 1.165) is 12.8 Å². The molecular weight excluding hydrogens is 280 g/mol. The van der Waals surface area contributed by atoms with Gasteiger partial charge in [0, 0.05) is 19.2 Å². The molecule has 3 rings (SSSR count). The summed E-state index contributed by atoms with van der Waals surface area (Å²) in [6.45, 7) is 2.90. The summed E-state index contributed by atoms with van der Waals surface area (Å²) in [6, 6.07) is 5.98. The quantitative estimate of drug-likeness (QED) is 0.891. The van der Waals surface area contributed by atoms with Gasteiger partial charge in [-0.1, -0.05) is 6.07 Å². The van der Waals surface area contributed by atoms with Gasteiger partial charge < -0.3 is 15.0 Å². The fourth-order valence-electron chi connectivity index (χ4n) is 3.33. The van der Waals surface area contributed by atoms with Crippen molar-refractivity contribution in [2.75, 3.05) is 26.7 Å². The van der Waals surface area contributed by atoms with Gasteiger partial charge in [-0.25, -0.2) is 0 Å². The zero-order valence-corrected chi connectivity index (χ0v) is 13.1. The summed E-state index contributed by atoms with van der Waals surface area (Å²) in [5.74, 6) is -0.216. The molecule has 1 aromatic carbocycles. The fraction of sp³-hybridized carbons (Fsp3) is 0.529. The Labute approximate surface area is 130 Å². The first-order valence-corrected chi connectivity index (χ1v) is 7.81. The monoisotopic (exact) mass is 302 g/mol. The second kappa shape index (κ2) is 5.72. The lowest BCUT2D eigenvalue weighted by atomic mass is 10.0. The maximum atomic E-state index is 12.7. The molecule has 2 amide bonds. The Morgan fingerprint density at radius 3 is 2.82 bits per heavy atom. The number of carbonyl (C=O) groups excluding carboxylic acids is 2. The molecule has 1 aliphatic carbocycles. The molecule has 0 spiro atoms. The van der Waals surface area contributed by atoms with Crippen LogP contribution in [0.5, 0.6) is 0 Å². The maximum absolute atomic E-state index is 12.7. The highest BCUT2D eigenvalue weighted by atomic mass is 16.5. The number of ether oxygens (including phenoxy) is 1. The fourth-order valence-corrected chi connectivity index (χ4v) is 3.33. The molecule has 0 bridgehead atoms. The summed E-state index contributed by atoms with van der Waals surface area (Å²) in [6.07, 6.45) is 3.32. The highest BCUT2D eigenvalue weighted by Crippen LogP contribution is 2.25. The number of hydrogen-bond donors (Lipinski definition) is 1. The van der Waals surface area contributed by atoms with E-state index in [9.17, 15) is 9.59 Å². The maximum Gasteiger partial charge on any atom is 0.254 e. The van der Waals surface area contributed by atoms with Crippen LogP contribution in [0.3, 0.4) is 0 Å². The van der Waals surface area contributed by atoms with Gasteiger partial charge in [-0.2, -0.15) is 0 Å². The molecule has 1 N–H and O–H groups in total. The number of carbonyl (C=O) groups is 2. The van der Waals surface area contributed by atoms with Gasteiger partial charge in [-0.05, 0) is 49.4 Å². The molecule has 1 heterocycles. The highest BCUT2D eigenvalue weighted by molar-refractivity contribution is 5.95. The van der Waals surface area contributed by atoms with Crippen LogP contribution in [-0.2, 0) is 22.4 Å². The van der Waals surface area contributed by atoms with Gasteiger partial charge >= 0.3 is 0 Å². The average molecular weight is 302 g/mol. The average Bonchev–Trinajstić information content (AvgIpc) is 3.00. The highest BCUT2D eigenvalue weighted by Gasteiger charge is 2.40. The summed E-state index contributed by atoms with van der Waals surface area (Å²) < 4.78 is 5.60. The molecule has 1 aliphatic heterocycles. The van der Waals surface area contributed by atoms with Crippen LogP contribution in [0.15, 0.2) is 18.2 Å². The summed E-state index contributed by atoms with van der Waals surface area (Å²) in [4.78, 5) is 26.4. The van der Waals surface area contributed by atoms with Gasteiger partial charge in [0.1, 0.15) is 0 Å². The second-order valence-electron chi connectivity index (χ2n) is 6.22. The number of benzene rings is 1. The lowest BCUT2D eigenvalue weighted by Crippen LogP contribution is -2.58. The molecule has 118 valence electrons. The number of aryl methyl sites for hydroxylation is 2. The lowest BCUT2D eigenvalue weighted by molar-refractivity contribution is -0.153. The van der Waals surface area contributed by atoms with Crippen LogP contribution >= 0.6 is 0 Å². The summed E-state index contributed by atoms with van der Waals surface area (Å²) in [7, 11) is 1.58. The van der Waals surface area contributed by atoms with Gasteiger partial charge in [0.2, 0.25) is 0 Å². The topological polar surface area (TPSA) is 58.6 Å². The molecule has 0 unspecified atom stereocenters. The molecule has 0 saturated carbocycles. The van der Waals surface area contributed by atoms with Gasteiger partial charge in [-0.15, -0.1) is 0 Å². The minimum Gasteiger partial charge on any atom is -0.362 e. The van der Waals surface area contributed by atoms with Crippen molar-refractivity contribution >= 4 is 11.8 Å². The van der Waals surface area contributed by atoms with Gasteiger partial charge in [0.15, 0.2) is 5.60 Å². The second-order valence-corrected chi connectivity index (χ2v) is 6.22. The number of morpholine rings is 1. The predicted molar refractivity (Wildman–Crippen MR) is 82.8 cm³/mol. The Balaban J connectivity index is 1.78. The van der Waals surface area contributed by atoms with E-state index in [1.165, 1.54) is 17.5 Å². The van der Waals surface area contributed by atoms with Crippen molar-refractivity contribution in [2.45, 2.75) is 31.8 Å². The first-order valence-electron chi connectivity index (χ1n) is 7.81. The van der Waals surface area contributed by atoms with E-state index in [-0.39, 0.29) is 18.4 Å². The molecule has 1 aromatic rings. The van der Waals surface area contributed by atoms with Crippen LogP contribution in [0.1, 0.15) is 34.8 Å². The minimum absolute atomic E-state index is 0.0203. The van der Waals surface area contributed by atoms with Crippen molar-refractivity contribution in [1.29, 1.82) is 0 Å². The Bertz CT molecular complexity index is 614. The number of fused-ring (bicyclic) bond motifs is 1. The predicted octanol–water partition coefficient (Wildman–Crippen LogP) is 1.15. The minimum atomic E-state index is -0.973. The Hall–Kier alpha value is -1.88. The molecule has 1 fully saturated rings. The molecule has 5 heteroatoms. The number of nitrogens with one attached hydrogen (secondary N) is 1. The van der Waals surface area contributed by atoms with Gasteiger partial charge in [0.25, 0.3) is 11.8 Å². The van der Waals surface area contributed by atoms with E-state index in [1.54, 1.807) is 18.9 Å². The first-order chi connectivity index (χ1) is 10.5. The van der Waals surface area contributed by atoms with E-state index in [1.807, 2.05) is 12.1 Å². The van der Waals surface area contributed by atoms with E-state index in [2.05, 4.69) is 11.4 Å². The molecule has 2 aliphatic rings. The van der Waals surface area contributed by atoms with Crippen molar-refractivity contribution in [3.05, 3.63) is 34.9 Å². The molecular formula is C17H22N2O3. The lowest BCUT2D eigenvalue weighted by Gasteiger charge is -2.39. The summed E-state index contributed by atoms with van der Waals surface area (Å²) in [5.41, 5.74) is 2.38. The summed E-state index contributed by atoms with van der Waals surface area (Å²) >= 11 is 0. The molecule has 1 saturated heterocycles. The van der Waals surface area contributed by atoms with Crippen molar-refractivity contribution < 1.29 is 14.3 Å². The van der Waals surface area contributed by atoms with Gasteiger partial charge in [-0.3, -0.25) is 9.59 Å². The molecule has 0 radical (unpaired) electrons. The zero-order chi connectivity index (χ0) is 15.7. The standard InChI is InChI=1S/C17H22N2O3/c1-17(16(21)18-2)11-19(8-9-22-17)15(20)14-7-6-12-4-3-5-13(12)10-14/h6-7,10H,3-5,8-9,11H2,1-2H3,(H,18,21)/t17-/m0/s1. The van der Waals surface area contributed by atoms with Crippen molar-refractivity contribution in [2.24, 2.45) is 0 Å². The number of rotatable bonds is 2. The smallest absolute Gasteiger partial charge is 0.254 e. The molecule has 1 atom stereocenters. The van der Waals surface area contributed by atoms with Crippen LogP contribution in [-0.4, -0.2) is 49.1 Å². The SMILES string of the molecule is CNC(=O)[C@]1(C)CN(C(=O)c2ccc3c(c2)CCC3)CCO1. The normalized spacial score (nSPS) is 24.0. The van der Waals surface area contributed by atoms with Crippen LogP contribution in [0, 0.1) is 0 Å². The molecule has 22 heavy (non-hydrogen) atoms. The van der Waals surface area contributed by atoms with E-state index in [0.29, 0.717) is 18.7 Å². The summed E-state index contributed by atoms with van der Waals surface area (Å²) in [5, 5.41) is 2.61. The van der Waals surface area contributed by atoms with Crippen LogP contribution in [0.2, 0.25) is 0 Å². The molecule has 5 nitrogen and oxygen atoms in total. The Kier molecular flexibility index (Phi) is 3.91. The van der Waals surface area contributed by atoms with Crippen LogP contribution in [0.25, 0.3) is 0 Å². The van der Waals surface area contributed by atoms with Gasteiger partial charge in [0.05, 0.1) is 13.2 Å². The third-order valence-corrected chi connectivity index (χ3v) is 4.61. The van der Waals surface area contributed by atoms with Crippen LogP contribution in [0.4, 0.5) is 0 Å². The zero-order valence-electron chi connectivity index (χ0n) is 13.1. The number of amides is 2. The van der Waals surface area contributed by atoms with E-state index in [4.69, 9.17) is 4.74 Å². The Morgan fingerprint density at radius 2 is 2.05 bits per heavy atom. The van der Waals surface area contributed by atoms with Crippen LogP contribution < -0.4 is 5.32 Å². The van der Waals surface area contributed by atoms with E-state index < -0.39 is 5.60 Å². The number of hydrogen-bond acceptors (Lipinski definition) is 3.